The number of amides is 2. The maximum absolute atomic E-state index is 11.7. The van der Waals surface area contributed by atoms with E-state index in [9.17, 15) is 9.59 Å². The molecule has 1 aromatic rings. The molecule has 0 aromatic heterocycles. The lowest BCUT2D eigenvalue weighted by Gasteiger charge is -2.08. The molecule has 1 rings (SSSR count). The molecule has 0 aliphatic carbocycles. The Morgan fingerprint density at radius 1 is 1.10 bits per heavy atom. The maximum Gasteiger partial charge on any atom is 0.313 e. The quantitative estimate of drug-likeness (QED) is 0.622. The van der Waals surface area contributed by atoms with E-state index < -0.39 is 11.8 Å². The van der Waals surface area contributed by atoms with Crippen LogP contribution in [0.3, 0.4) is 0 Å². The standard InChI is InChI=1S/C14H18Cl2N2O2/c1-2-3-4-5-8-17-13(19)14(20)18-12-7-6-10(15)9-11(12)16/h6-7,9H,2-5,8H2,1H3,(H,17,19)(H,18,20). The number of rotatable bonds is 6. The highest BCUT2D eigenvalue weighted by Gasteiger charge is 2.14. The van der Waals surface area contributed by atoms with Crippen molar-refractivity contribution in [3.63, 3.8) is 0 Å². The van der Waals surface area contributed by atoms with Gasteiger partial charge < -0.3 is 10.6 Å². The lowest BCUT2D eigenvalue weighted by atomic mass is 10.2. The first kappa shape index (κ1) is 16.8. The molecule has 110 valence electrons. The van der Waals surface area contributed by atoms with Gasteiger partial charge in [0.15, 0.2) is 0 Å². The van der Waals surface area contributed by atoms with E-state index in [1.165, 1.54) is 6.07 Å². The second kappa shape index (κ2) is 8.82. The molecule has 1 aromatic carbocycles. The summed E-state index contributed by atoms with van der Waals surface area (Å²) < 4.78 is 0. The Kier molecular flexibility index (Phi) is 7.41. The molecule has 0 spiro atoms. The minimum atomic E-state index is -0.732. The molecule has 20 heavy (non-hydrogen) atoms. The highest BCUT2D eigenvalue weighted by Crippen LogP contribution is 2.25. The van der Waals surface area contributed by atoms with Gasteiger partial charge in [0.05, 0.1) is 10.7 Å². The zero-order chi connectivity index (χ0) is 15.0. The Hall–Kier alpha value is -1.26. The Morgan fingerprint density at radius 3 is 2.50 bits per heavy atom. The van der Waals surface area contributed by atoms with Crippen molar-refractivity contribution in [2.75, 3.05) is 11.9 Å². The van der Waals surface area contributed by atoms with Crippen molar-refractivity contribution < 1.29 is 9.59 Å². The van der Waals surface area contributed by atoms with Crippen LogP contribution in [0.2, 0.25) is 10.0 Å². The van der Waals surface area contributed by atoms with Crippen LogP contribution in [0.5, 0.6) is 0 Å². The molecule has 0 heterocycles. The summed E-state index contributed by atoms with van der Waals surface area (Å²) in [6.07, 6.45) is 4.17. The summed E-state index contributed by atoms with van der Waals surface area (Å²) in [5.41, 5.74) is 0.363. The minimum Gasteiger partial charge on any atom is -0.348 e. The lowest BCUT2D eigenvalue weighted by Crippen LogP contribution is -2.35. The summed E-state index contributed by atoms with van der Waals surface area (Å²) in [5, 5.41) is 5.78. The van der Waals surface area contributed by atoms with E-state index in [2.05, 4.69) is 17.6 Å². The Morgan fingerprint density at radius 2 is 1.85 bits per heavy atom. The van der Waals surface area contributed by atoms with Crippen LogP contribution in [-0.4, -0.2) is 18.4 Å². The van der Waals surface area contributed by atoms with E-state index in [4.69, 9.17) is 23.2 Å². The number of carbonyl (C=O) groups excluding carboxylic acids is 2. The van der Waals surface area contributed by atoms with Gasteiger partial charge in [0, 0.05) is 11.6 Å². The van der Waals surface area contributed by atoms with Gasteiger partial charge in [-0.25, -0.2) is 0 Å². The predicted octanol–water partition coefficient (Wildman–Crippen LogP) is 3.63. The van der Waals surface area contributed by atoms with Crippen molar-refractivity contribution >= 4 is 40.7 Å². The topological polar surface area (TPSA) is 58.2 Å². The van der Waals surface area contributed by atoms with E-state index in [0.29, 0.717) is 22.3 Å². The van der Waals surface area contributed by atoms with Crippen LogP contribution in [0.4, 0.5) is 5.69 Å². The van der Waals surface area contributed by atoms with Gasteiger partial charge >= 0.3 is 11.8 Å². The molecule has 0 saturated heterocycles. The molecule has 0 saturated carbocycles. The normalized spacial score (nSPS) is 10.2. The molecular weight excluding hydrogens is 299 g/mol. The SMILES string of the molecule is CCCCCCNC(=O)C(=O)Nc1ccc(Cl)cc1Cl. The first-order valence-electron chi connectivity index (χ1n) is 6.58. The molecule has 0 aliphatic heterocycles. The van der Waals surface area contributed by atoms with Gasteiger partial charge in [-0.1, -0.05) is 49.4 Å². The van der Waals surface area contributed by atoms with E-state index in [1.54, 1.807) is 12.1 Å². The highest BCUT2D eigenvalue weighted by atomic mass is 35.5. The molecule has 0 aliphatic rings. The van der Waals surface area contributed by atoms with Crippen LogP contribution in [0.15, 0.2) is 18.2 Å². The summed E-state index contributed by atoms with van der Waals surface area (Å²) in [5.74, 6) is -1.39. The largest absolute Gasteiger partial charge is 0.348 e. The van der Waals surface area contributed by atoms with Gasteiger partial charge in [0.2, 0.25) is 0 Å². The number of benzene rings is 1. The van der Waals surface area contributed by atoms with Crippen molar-refractivity contribution in [2.45, 2.75) is 32.6 Å². The molecule has 0 atom stereocenters. The number of unbranched alkanes of at least 4 members (excludes halogenated alkanes) is 3. The lowest BCUT2D eigenvalue weighted by molar-refractivity contribution is -0.136. The number of hydrogen-bond donors (Lipinski definition) is 2. The summed E-state index contributed by atoms with van der Waals surface area (Å²) in [6, 6.07) is 4.64. The molecule has 0 fully saturated rings. The maximum atomic E-state index is 11.7. The van der Waals surface area contributed by atoms with Gasteiger partial charge in [0.1, 0.15) is 0 Å². The molecular formula is C14H18Cl2N2O2. The van der Waals surface area contributed by atoms with Crippen molar-refractivity contribution in [3.05, 3.63) is 28.2 Å². The average molecular weight is 317 g/mol. The fraction of sp³-hybridized carbons (Fsp3) is 0.429. The Labute approximate surface area is 128 Å². The second-order valence-electron chi connectivity index (χ2n) is 4.39. The number of hydrogen-bond acceptors (Lipinski definition) is 2. The zero-order valence-electron chi connectivity index (χ0n) is 11.3. The van der Waals surface area contributed by atoms with Gasteiger partial charge in [-0.3, -0.25) is 9.59 Å². The third-order valence-electron chi connectivity index (χ3n) is 2.70. The van der Waals surface area contributed by atoms with E-state index in [1.807, 2.05) is 0 Å². The molecule has 0 bridgehead atoms. The molecule has 0 radical (unpaired) electrons. The monoisotopic (exact) mass is 316 g/mol. The smallest absolute Gasteiger partial charge is 0.313 e. The van der Waals surface area contributed by atoms with Crippen molar-refractivity contribution in [1.29, 1.82) is 0 Å². The predicted molar refractivity (Wildman–Crippen MR) is 82.2 cm³/mol. The summed E-state index contributed by atoms with van der Waals surface area (Å²) in [6.45, 7) is 2.61. The van der Waals surface area contributed by atoms with E-state index in [0.717, 1.165) is 25.7 Å². The van der Waals surface area contributed by atoms with Crippen LogP contribution in [0, 0.1) is 0 Å². The van der Waals surface area contributed by atoms with Gasteiger partial charge in [0.25, 0.3) is 0 Å². The molecule has 0 unspecified atom stereocenters. The second-order valence-corrected chi connectivity index (χ2v) is 5.24. The van der Waals surface area contributed by atoms with Crippen molar-refractivity contribution in [3.8, 4) is 0 Å². The summed E-state index contributed by atoms with van der Waals surface area (Å²) in [4.78, 5) is 23.2. The third kappa shape index (κ3) is 5.80. The van der Waals surface area contributed by atoms with E-state index in [-0.39, 0.29) is 0 Å². The number of carbonyl (C=O) groups is 2. The van der Waals surface area contributed by atoms with Crippen LogP contribution < -0.4 is 10.6 Å². The number of nitrogens with one attached hydrogen (secondary N) is 2. The van der Waals surface area contributed by atoms with Crippen LogP contribution in [0.1, 0.15) is 32.6 Å². The molecule has 2 amide bonds. The molecule has 6 heteroatoms. The van der Waals surface area contributed by atoms with Crippen LogP contribution >= 0.6 is 23.2 Å². The summed E-state index contributed by atoms with van der Waals surface area (Å²) in [7, 11) is 0. The van der Waals surface area contributed by atoms with E-state index >= 15 is 0 Å². The summed E-state index contributed by atoms with van der Waals surface area (Å²) >= 11 is 11.7. The molecule has 2 N–H and O–H groups in total. The van der Waals surface area contributed by atoms with Crippen LogP contribution in [0.25, 0.3) is 0 Å². The molecule has 4 nitrogen and oxygen atoms in total. The Balaban J connectivity index is 2.39. The third-order valence-corrected chi connectivity index (χ3v) is 3.25. The van der Waals surface area contributed by atoms with Crippen molar-refractivity contribution in [1.82, 2.24) is 5.32 Å². The Bertz CT molecular complexity index is 478. The average Bonchev–Trinajstić information content (AvgIpc) is 2.41. The van der Waals surface area contributed by atoms with Gasteiger partial charge in [-0.05, 0) is 24.6 Å². The first-order valence-corrected chi connectivity index (χ1v) is 7.34. The number of halogens is 2. The highest BCUT2D eigenvalue weighted by molar-refractivity contribution is 6.42. The fourth-order valence-corrected chi connectivity index (χ4v) is 2.06. The van der Waals surface area contributed by atoms with Crippen molar-refractivity contribution in [2.24, 2.45) is 0 Å². The minimum absolute atomic E-state index is 0.293. The number of anilines is 1. The fourth-order valence-electron chi connectivity index (χ4n) is 1.60. The van der Waals surface area contributed by atoms with Gasteiger partial charge in [-0.2, -0.15) is 0 Å². The van der Waals surface area contributed by atoms with Gasteiger partial charge in [-0.15, -0.1) is 0 Å². The van der Waals surface area contributed by atoms with Crippen LogP contribution in [-0.2, 0) is 9.59 Å². The first-order chi connectivity index (χ1) is 9.54. The zero-order valence-corrected chi connectivity index (χ0v) is 12.9.